The Bertz CT molecular complexity index is 1420. The van der Waals surface area contributed by atoms with E-state index in [2.05, 4.69) is 77.7 Å². The van der Waals surface area contributed by atoms with Crippen molar-refractivity contribution < 1.29 is 8.98 Å². The summed E-state index contributed by atoms with van der Waals surface area (Å²) in [7, 11) is 2.11. The summed E-state index contributed by atoms with van der Waals surface area (Å²) in [5.74, 6) is 0.983. The number of para-hydroxylation sites is 1. The van der Waals surface area contributed by atoms with Crippen molar-refractivity contribution in [2.24, 2.45) is 7.05 Å². The van der Waals surface area contributed by atoms with E-state index in [-0.39, 0.29) is 0 Å². The van der Waals surface area contributed by atoms with Gasteiger partial charge in [-0.25, -0.2) is 4.57 Å². The van der Waals surface area contributed by atoms with Crippen molar-refractivity contribution in [2.45, 2.75) is 6.92 Å². The summed E-state index contributed by atoms with van der Waals surface area (Å²) in [5.41, 5.74) is 5.87. The maximum absolute atomic E-state index is 6.25. The molecule has 0 unspecified atom stereocenters. The zero-order valence-electron chi connectivity index (χ0n) is 13.5. The summed E-state index contributed by atoms with van der Waals surface area (Å²) in [5, 5.41) is 4.95. The molecule has 3 nitrogen and oxygen atoms in total. The van der Waals surface area contributed by atoms with Crippen LogP contribution in [-0.2, 0) is 7.05 Å². The van der Waals surface area contributed by atoms with Crippen molar-refractivity contribution in [3.05, 3.63) is 60.5 Å². The number of aromatic nitrogens is 2. The average molecular weight is 311 g/mol. The molecule has 3 heteroatoms. The van der Waals surface area contributed by atoms with Gasteiger partial charge in [0.2, 0.25) is 5.52 Å². The summed E-state index contributed by atoms with van der Waals surface area (Å²) in [6.07, 6.45) is 2.14. The summed E-state index contributed by atoms with van der Waals surface area (Å²) < 4.78 is 10.8. The molecule has 6 rings (SSSR count). The number of fused-ring (bicyclic) bond motifs is 5. The molecule has 0 spiro atoms. The lowest BCUT2D eigenvalue weighted by Crippen LogP contribution is -2.28. The second kappa shape index (κ2) is 3.88. The van der Waals surface area contributed by atoms with E-state index in [1.165, 1.54) is 43.6 Å². The second-order valence-corrected chi connectivity index (χ2v) is 6.58. The molecule has 0 bridgehead atoms. The smallest absolute Gasteiger partial charge is 0.228 e. The highest BCUT2D eigenvalue weighted by atomic mass is 16.3. The number of aryl methyl sites for hydroxylation is 2. The highest BCUT2D eigenvalue weighted by Crippen LogP contribution is 2.41. The number of pyridine rings is 2. The zero-order valence-corrected chi connectivity index (χ0v) is 13.5. The Morgan fingerprint density at radius 3 is 2.67 bits per heavy atom. The average Bonchev–Trinajstić information content (AvgIpc) is 3.10. The molecule has 0 saturated heterocycles. The normalized spacial score (nSPS) is 12.6. The van der Waals surface area contributed by atoms with E-state index >= 15 is 0 Å². The fourth-order valence-corrected chi connectivity index (χ4v) is 4.32. The predicted octanol–water partition coefficient (Wildman–Crippen LogP) is 4.72. The molecule has 0 saturated carbocycles. The van der Waals surface area contributed by atoms with Crippen LogP contribution in [0.2, 0.25) is 0 Å². The van der Waals surface area contributed by atoms with Gasteiger partial charge >= 0.3 is 0 Å². The maximum atomic E-state index is 6.25. The lowest BCUT2D eigenvalue weighted by Gasteiger charge is -2.09. The van der Waals surface area contributed by atoms with E-state index in [0.717, 1.165) is 11.3 Å². The van der Waals surface area contributed by atoms with Gasteiger partial charge in [0.1, 0.15) is 23.7 Å². The van der Waals surface area contributed by atoms with Crippen LogP contribution in [0.3, 0.4) is 0 Å². The number of furan rings is 1. The third-order valence-electron chi connectivity index (χ3n) is 5.29. The third-order valence-corrected chi connectivity index (χ3v) is 5.29. The Kier molecular flexibility index (Phi) is 2.00. The van der Waals surface area contributed by atoms with Crippen molar-refractivity contribution in [3.63, 3.8) is 0 Å². The molecular formula is C21H15N2O+. The zero-order chi connectivity index (χ0) is 16.0. The molecule has 114 valence electrons. The molecule has 0 aliphatic heterocycles. The standard InChI is InChI=1S/C21H15N2O/c1-12-17-19-18-13(10-11-22(19)2)6-5-9-16(18)23-15-8-4-3-7-14(15)21(24-12)20(17)23/h3-11H,1-2H3/q+1. The molecule has 0 atom stereocenters. The monoisotopic (exact) mass is 311 g/mol. The number of benzene rings is 2. The number of hydrogen-bond donors (Lipinski definition) is 0. The first kappa shape index (κ1) is 12.4. The van der Waals surface area contributed by atoms with Gasteiger partial charge in [-0.05, 0) is 30.5 Å². The molecule has 0 radical (unpaired) electrons. The van der Waals surface area contributed by atoms with Gasteiger partial charge < -0.3 is 8.82 Å². The van der Waals surface area contributed by atoms with Gasteiger partial charge in [-0.15, -0.1) is 0 Å². The van der Waals surface area contributed by atoms with Crippen LogP contribution < -0.4 is 4.57 Å². The van der Waals surface area contributed by atoms with E-state index in [1.54, 1.807) is 0 Å². The minimum Gasteiger partial charge on any atom is -0.458 e. The highest BCUT2D eigenvalue weighted by Gasteiger charge is 2.26. The van der Waals surface area contributed by atoms with Gasteiger partial charge in [0, 0.05) is 11.5 Å². The minimum absolute atomic E-state index is 0.983. The fourth-order valence-electron chi connectivity index (χ4n) is 4.32. The molecule has 0 aliphatic rings. The first-order chi connectivity index (χ1) is 11.8. The molecule has 0 aliphatic carbocycles. The van der Waals surface area contributed by atoms with Crippen molar-refractivity contribution in [2.75, 3.05) is 0 Å². The first-order valence-electron chi connectivity index (χ1n) is 8.20. The van der Waals surface area contributed by atoms with Crippen LogP contribution in [0.1, 0.15) is 5.76 Å². The number of rotatable bonds is 0. The molecule has 24 heavy (non-hydrogen) atoms. The Balaban J connectivity index is 2.17. The molecule has 6 aromatic rings. The minimum atomic E-state index is 0.983. The summed E-state index contributed by atoms with van der Waals surface area (Å²) in [6, 6.07) is 17.2. The van der Waals surface area contributed by atoms with E-state index in [1.807, 2.05) is 0 Å². The topological polar surface area (TPSA) is 21.4 Å². The quantitative estimate of drug-likeness (QED) is 0.372. The van der Waals surface area contributed by atoms with Crippen molar-refractivity contribution in [3.8, 4) is 0 Å². The lowest BCUT2D eigenvalue weighted by atomic mass is 10.0. The van der Waals surface area contributed by atoms with Crippen LogP contribution in [0.5, 0.6) is 0 Å². The Morgan fingerprint density at radius 1 is 0.917 bits per heavy atom. The molecule has 0 amide bonds. The Morgan fingerprint density at radius 2 is 1.75 bits per heavy atom. The molecule has 2 aromatic carbocycles. The summed E-state index contributed by atoms with van der Waals surface area (Å²) >= 11 is 0. The van der Waals surface area contributed by atoms with Gasteiger partial charge in [-0.2, -0.15) is 0 Å². The summed E-state index contributed by atoms with van der Waals surface area (Å²) in [4.78, 5) is 0. The summed E-state index contributed by atoms with van der Waals surface area (Å²) in [6.45, 7) is 2.07. The van der Waals surface area contributed by atoms with E-state index in [9.17, 15) is 0 Å². The third kappa shape index (κ3) is 1.21. The molecule has 0 fully saturated rings. The predicted molar refractivity (Wildman–Crippen MR) is 96.8 cm³/mol. The SMILES string of the molecule is Cc1oc2c3ccccc3n3c4cccc5cc[n+](C)c(c1c23)c54. The van der Waals surface area contributed by atoms with Crippen LogP contribution >= 0.6 is 0 Å². The molecule has 0 N–H and O–H groups in total. The molecule has 4 heterocycles. The van der Waals surface area contributed by atoms with Crippen LogP contribution in [0.15, 0.2) is 59.1 Å². The number of nitrogens with zero attached hydrogens (tertiary/aromatic N) is 2. The van der Waals surface area contributed by atoms with Gasteiger partial charge in [0.05, 0.1) is 16.4 Å². The Labute approximate surface area is 137 Å². The highest BCUT2D eigenvalue weighted by molar-refractivity contribution is 6.24. The van der Waals surface area contributed by atoms with Crippen LogP contribution in [0, 0.1) is 6.92 Å². The maximum Gasteiger partial charge on any atom is 0.228 e. The largest absolute Gasteiger partial charge is 0.458 e. The lowest BCUT2D eigenvalue weighted by molar-refractivity contribution is -0.643. The van der Waals surface area contributed by atoms with Crippen LogP contribution in [0.4, 0.5) is 0 Å². The van der Waals surface area contributed by atoms with Crippen LogP contribution in [-0.4, -0.2) is 4.40 Å². The molecular weight excluding hydrogens is 296 g/mol. The van der Waals surface area contributed by atoms with Gasteiger partial charge in [-0.3, -0.25) is 0 Å². The van der Waals surface area contributed by atoms with Crippen molar-refractivity contribution >= 4 is 49.2 Å². The van der Waals surface area contributed by atoms with Gasteiger partial charge in [-0.1, -0.05) is 24.3 Å². The van der Waals surface area contributed by atoms with E-state index < -0.39 is 0 Å². The van der Waals surface area contributed by atoms with Gasteiger partial charge in [0.25, 0.3) is 0 Å². The number of hydrogen-bond acceptors (Lipinski definition) is 1. The van der Waals surface area contributed by atoms with Crippen LogP contribution in [0.25, 0.3) is 49.2 Å². The molecule has 4 aromatic heterocycles. The van der Waals surface area contributed by atoms with E-state index in [4.69, 9.17) is 4.42 Å². The Hall–Kier alpha value is -3.07. The fraction of sp³-hybridized carbons (Fsp3) is 0.0952. The van der Waals surface area contributed by atoms with E-state index in [0.29, 0.717) is 0 Å². The second-order valence-electron chi connectivity index (χ2n) is 6.58. The van der Waals surface area contributed by atoms with Gasteiger partial charge in [0.15, 0.2) is 11.8 Å². The van der Waals surface area contributed by atoms with Crippen molar-refractivity contribution in [1.29, 1.82) is 0 Å². The van der Waals surface area contributed by atoms with Crippen molar-refractivity contribution in [1.82, 2.24) is 4.40 Å². The first-order valence-corrected chi connectivity index (χ1v) is 8.20.